The summed E-state index contributed by atoms with van der Waals surface area (Å²) in [6.07, 6.45) is 15.4. The van der Waals surface area contributed by atoms with E-state index < -0.39 is 0 Å². The van der Waals surface area contributed by atoms with Crippen LogP contribution in [0.1, 0.15) is 45.4 Å². The first-order valence-electron chi connectivity index (χ1n) is 5.56. The van der Waals surface area contributed by atoms with Crippen molar-refractivity contribution in [2.75, 3.05) is 0 Å². The highest BCUT2D eigenvalue weighted by atomic mass is 14.3. The van der Waals surface area contributed by atoms with Crippen LogP contribution in [0.4, 0.5) is 0 Å². The largest absolute Gasteiger partial charge is 0.0810 e. The Balaban J connectivity index is 1.91. The van der Waals surface area contributed by atoms with Crippen molar-refractivity contribution in [3.8, 4) is 0 Å². The van der Waals surface area contributed by atoms with Crippen molar-refractivity contribution in [3.63, 3.8) is 0 Å². The van der Waals surface area contributed by atoms with Crippen LogP contribution in [0, 0.1) is 11.8 Å². The van der Waals surface area contributed by atoms with Crippen LogP contribution >= 0.6 is 0 Å². The van der Waals surface area contributed by atoms with E-state index in [0.717, 1.165) is 5.92 Å². The van der Waals surface area contributed by atoms with Crippen LogP contribution in [-0.4, -0.2) is 0 Å². The smallest absolute Gasteiger partial charge is 0.0133 e. The normalized spacial score (nSPS) is 30.2. The minimum Gasteiger partial charge on any atom is -0.0810 e. The lowest BCUT2D eigenvalue weighted by atomic mass is 9.77. The molecule has 0 saturated heterocycles. The van der Waals surface area contributed by atoms with Gasteiger partial charge in [-0.05, 0) is 38.0 Å². The second-order valence-electron chi connectivity index (χ2n) is 4.37. The van der Waals surface area contributed by atoms with Gasteiger partial charge in [-0.25, -0.2) is 0 Å². The Labute approximate surface area is 81.7 Å². The molecule has 1 saturated carbocycles. The average Bonchev–Trinajstić information content (AvgIpc) is 2.20. The molecule has 2 rings (SSSR count). The Hall–Kier alpha value is -0.520. The van der Waals surface area contributed by atoms with Crippen LogP contribution < -0.4 is 0 Å². The van der Waals surface area contributed by atoms with E-state index in [1.165, 1.54) is 44.1 Å². The Morgan fingerprint density at radius 2 is 1.92 bits per heavy atom. The molecule has 0 N–H and O–H groups in total. The summed E-state index contributed by atoms with van der Waals surface area (Å²) in [6.45, 7) is 2.19. The highest BCUT2D eigenvalue weighted by Crippen LogP contribution is 2.36. The van der Waals surface area contributed by atoms with E-state index in [0.29, 0.717) is 0 Å². The number of hydrogen-bond acceptors (Lipinski definition) is 0. The van der Waals surface area contributed by atoms with Crippen molar-refractivity contribution in [3.05, 3.63) is 29.7 Å². The zero-order chi connectivity index (χ0) is 9.10. The highest BCUT2D eigenvalue weighted by Gasteiger charge is 2.22. The first kappa shape index (κ1) is 9.05. The van der Waals surface area contributed by atoms with Crippen molar-refractivity contribution in [1.82, 2.24) is 0 Å². The molecular weight excluding hydrogens is 156 g/mol. The van der Waals surface area contributed by atoms with Gasteiger partial charge in [0, 0.05) is 0 Å². The molecule has 0 aromatic carbocycles. The molecule has 0 amide bonds. The first-order chi connectivity index (χ1) is 6.36. The fourth-order valence-electron chi connectivity index (χ4n) is 2.41. The minimum absolute atomic E-state index is 0.781. The molecule has 0 heterocycles. The zero-order valence-corrected chi connectivity index (χ0v) is 8.55. The van der Waals surface area contributed by atoms with Crippen molar-refractivity contribution in [1.29, 1.82) is 0 Å². The third kappa shape index (κ3) is 2.24. The lowest BCUT2D eigenvalue weighted by molar-refractivity contribution is 0.460. The van der Waals surface area contributed by atoms with Gasteiger partial charge in [0.15, 0.2) is 0 Å². The predicted molar refractivity (Wildman–Crippen MR) is 57.3 cm³/mol. The summed E-state index contributed by atoms with van der Waals surface area (Å²) < 4.78 is 0. The fraction of sp³-hybridized carbons (Fsp3) is 0.615. The van der Waals surface area contributed by atoms with Crippen LogP contribution in [0.15, 0.2) is 23.8 Å². The van der Waals surface area contributed by atoms with E-state index in [4.69, 9.17) is 0 Å². The predicted octanol–water partition coefficient (Wildman–Crippen LogP) is 4.05. The first-order valence-corrected chi connectivity index (χ1v) is 5.56. The molecule has 0 bridgehead atoms. The van der Waals surface area contributed by atoms with Crippen LogP contribution in [0.25, 0.3) is 0 Å². The van der Waals surface area contributed by atoms with E-state index >= 15 is 0 Å². The van der Waals surface area contributed by atoms with Crippen molar-refractivity contribution < 1.29 is 0 Å². The second-order valence-corrected chi connectivity index (χ2v) is 4.37. The summed E-state index contributed by atoms with van der Waals surface area (Å²) in [4.78, 5) is 0. The molecule has 0 heteroatoms. The van der Waals surface area contributed by atoms with E-state index in [9.17, 15) is 0 Å². The van der Waals surface area contributed by atoms with Gasteiger partial charge in [0.25, 0.3) is 0 Å². The Kier molecular flexibility index (Phi) is 2.87. The quantitative estimate of drug-likeness (QED) is 0.564. The molecular formula is C13H19. The maximum Gasteiger partial charge on any atom is -0.0133 e. The monoisotopic (exact) mass is 175 g/mol. The number of hydrogen-bond donors (Lipinski definition) is 0. The van der Waals surface area contributed by atoms with Crippen LogP contribution in [0.3, 0.4) is 0 Å². The van der Waals surface area contributed by atoms with Gasteiger partial charge >= 0.3 is 0 Å². The van der Waals surface area contributed by atoms with Gasteiger partial charge in [0.1, 0.15) is 0 Å². The molecule has 2 aliphatic rings. The maximum absolute atomic E-state index is 2.41. The molecule has 1 unspecified atom stereocenters. The summed E-state index contributed by atoms with van der Waals surface area (Å²) in [5.74, 6) is 2.59. The number of rotatable bonds is 1. The summed E-state index contributed by atoms with van der Waals surface area (Å²) in [5.41, 5.74) is 1.44. The standard InChI is InChI=1S/C13H19/c1-11-7-9-13(10-8-11)12-5-3-2-4-6-12/h7-9,13H,2-6,10H2,1H3. The number of allylic oxidation sites excluding steroid dienone is 4. The van der Waals surface area contributed by atoms with Crippen LogP contribution in [0.5, 0.6) is 0 Å². The molecule has 0 aliphatic heterocycles. The molecule has 0 aromatic rings. The van der Waals surface area contributed by atoms with Gasteiger partial charge in [0.05, 0.1) is 0 Å². The molecule has 1 fully saturated rings. The lowest BCUT2D eigenvalue weighted by Crippen LogP contribution is -2.14. The summed E-state index contributed by atoms with van der Waals surface area (Å²) >= 11 is 0. The summed E-state index contributed by atoms with van der Waals surface area (Å²) in [5, 5.41) is 0. The van der Waals surface area contributed by atoms with E-state index in [1.54, 1.807) is 0 Å². The minimum atomic E-state index is 0.781. The van der Waals surface area contributed by atoms with E-state index in [1.807, 2.05) is 5.92 Å². The van der Waals surface area contributed by atoms with Crippen LogP contribution in [0.2, 0.25) is 0 Å². The summed E-state index contributed by atoms with van der Waals surface area (Å²) in [6, 6.07) is 0. The molecule has 1 radical (unpaired) electrons. The van der Waals surface area contributed by atoms with E-state index in [-0.39, 0.29) is 0 Å². The molecule has 13 heavy (non-hydrogen) atoms. The second kappa shape index (κ2) is 4.13. The molecule has 2 aliphatic carbocycles. The van der Waals surface area contributed by atoms with Crippen LogP contribution in [-0.2, 0) is 0 Å². The van der Waals surface area contributed by atoms with Gasteiger partial charge in [-0.15, -0.1) is 0 Å². The van der Waals surface area contributed by atoms with Gasteiger partial charge in [-0.3, -0.25) is 0 Å². The fourth-order valence-corrected chi connectivity index (χ4v) is 2.41. The zero-order valence-electron chi connectivity index (χ0n) is 8.55. The Morgan fingerprint density at radius 1 is 1.15 bits per heavy atom. The summed E-state index contributed by atoms with van der Waals surface area (Å²) in [7, 11) is 0. The van der Waals surface area contributed by atoms with E-state index in [2.05, 4.69) is 25.2 Å². The Bertz CT molecular complexity index is 216. The van der Waals surface area contributed by atoms with Crippen molar-refractivity contribution >= 4 is 0 Å². The molecule has 0 aromatic heterocycles. The van der Waals surface area contributed by atoms with Crippen molar-refractivity contribution in [2.24, 2.45) is 5.92 Å². The molecule has 0 spiro atoms. The Morgan fingerprint density at radius 3 is 2.54 bits per heavy atom. The van der Waals surface area contributed by atoms with Gasteiger partial charge in [-0.1, -0.05) is 43.1 Å². The van der Waals surface area contributed by atoms with Crippen molar-refractivity contribution in [2.45, 2.75) is 45.4 Å². The highest BCUT2D eigenvalue weighted by molar-refractivity contribution is 5.25. The molecule has 71 valence electrons. The lowest BCUT2D eigenvalue weighted by Gasteiger charge is -2.28. The third-order valence-corrected chi connectivity index (χ3v) is 3.31. The SMILES string of the molecule is CC1=CCC([C]2CCCCC2)C=C1. The third-order valence-electron chi connectivity index (χ3n) is 3.31. The maximum atomic E-state index is 2.41. The molecule has 0 nitrogen and oxygen atoms in total. The van der Waals surface area contributed by atoms with Gasteiger partial charge in [0.2, 0.25) is 0 Å². The molecule has 1 atom stereocenters. The van der Waals surface area contributed by atoms with Gasteiger partial charge in [-0.2, -0.15) is 0 Å². The van der Waals surface area contributed by atoms with Gasteiger partial charge < -0.3 is 0 Å². The topological polar surface area (TPSA) is 0 Å². The average molecular weight is 175 g/mol.